The van der Waals surface area contributed by atoms with E-state index in [1.807, 2.05) is 13.0 Å². The van der Waals surface area contributed by atoms with E-state index in [4.69, 9.17) is 4.74 Å². The number of likely N-dealkylation sites (tertiary alicyclic amines) is 1. The lowest BCUT2D eigenvalue weighted by Gasteiger charge is -2.21. The van der Waals surface area contributed by atoms with Gasteiger partial charge in [-0.1, -0.05) is 30.3 Å². The fourth-order valence-corrected chi connectivity index (χ4v) is 2.73. The number of nitrogens with zero attached hydrogens (tertiary/aromatic N) is 1. The molecular weight excluding hydrogens is 252 g/mol. The molecule has 1 atom stereocenters. The summed E-state index contributed by atoms with van der Waals surface area (Å²) in [5.41, 5.74) is 0.974. The van der Waals surface area contributed by atoms with Crippen LogP contribution in [0.2, 0.25) is 0 Å². The minimum atomic E-state index is -0.325. The SMILES string of the molecule is COC(=O)C1(C)CCN(CCNCc2ccccc2)C1. The second-order valence-electron chi connectivity index (χ2n) is 5.74. The molecule has 1 unspecified atom stereocenters. The topological polar surface area (TPSA) is 41.6 Å². The highest BCUT2D eigenvalue weighted by molar-refractivity contribution is 5.76. The Hall–Kier alpha value is -1.39. The summed E-state index contributed by atoms with van der Waals surface area (Å²) in [4.78, 5) is 14.1. The van der Waals surface area contributed by atoms with E-state index in [0.717, 1.165) is 39.1 Å². The van der Waals surface area contributed by atoms with Crippen LogP contribution in [-0.4, -0.2) is 44.2 Å². The maximum atomic E-state index is 11.7. The van der Waals surface area contributed by atoms with Gasteiger partial charge in [-0.2, -0.15) is 0 Å². The molecule has 0 radical (unpaired) electrons. The Labute approximate surface area is 121 Å². The van der Waals surface area contributed by atoms with Crippen LogP contribution in [0.15, 0.2) is 30.3 Å². The van der Waals surface area contributed by atoms with Gasteiger partial charge in [-0.3, -0.25) is 4.79 Å². The quantitative estimate of drug-likeness (QED) is 0.634. The Morgan fingerprint density at radius 2 is 2.15 bits per heavy atom. The fraction of sp³-hybridized carbons (Fsp3) is 0.562. The van der Waals surface area contributed by atoms with Gasteiger partial charge >= 0.3 is 5.97 Å². The van der Waals surface area contributed by atoms with Gasteiger partial charge < -0.3 is 15.0 Å². The number of esters is 1. The molecule has 0 amide bonds. The van der Waals surface area contributed by atoms with Crippen LogP contribution in [0.25, 0.3) is 0 Å². The highest BCUT2D eigenvalue weighted by Crippen LogP contribution is 2.30. The van der Waals surface area contributed by atoms with Crippen molar-refractivity contribution < 1.29 is 9.53 Å². The highest BCUT2D eigenvalue weighted by atomic mass is 16.5. The third-order valence-corrected chi connectivity index (χ3v) is 4.01. The minimum Gasteiger partial charge on any atom is -0.469 e. The van der Waals surface area contributed by atoms with Gasteiger partial charge in [0.2, 0.25) is 0 Å². The molecule has 110 valence electrons. The van der Waals surface area contributed by atoms with Crippen LogP contribution in [-0.2, 0) is 16.1 Å². The number of nitrogens with one attached hydrogen (secondary N) is 1. The first kappa shape index (κ1) is 15.0. The third kappa shape index (κ3) is 3.81. The summed E-state index contributed by atoms with van der Waals surface area (Å²) in [7, 11) is 1.47. The molecular formula is C16H24N2O2. The molecule has 1 fully saturated rings. The highest BCUT2D eigenvalue weighted by Gasteiger charge is 2.40. The number of carbonyl (C=O) groups excluding carboxylic acids is 1. The van der Waals surface area contributed by atoms with Gasteiger partial charge in [-0.25, -0.2) is 0 Å². The zero-order chi connectivity index (χ0) is 14.4. The molecule has 1 aromatic carbocycles. The molecule has 4 heteroatoms. The molecule has 2 rings (SSSR count). The van der Waals surface area contributed by atoms with Crippen molar-refractivity contribution in [1.29, 1.82) is 0 Å². The molecule has 1 aliphatic heterocycles. The first-order valence-corrected chi connectivity index (χ1v) is 7.19. The van der Waals surface area contributed by atoms with E-state index >= 15 is 0 Å². The van der Waals surface area contributed by atoms with Crippen molar-refractivity contribution in [2.45, 2.75) is 19.9 Å². The Morgan fingerprint density at radius 3 is 2.85 bits per heavy atom. The predicted octanol–water partition coefficient (Wildman–Crippen LogP) is 1.66. The first-order chi connectivity index (χ1) is 9.64. The largest absolute Gasteiger partial charge is 0.469 e. The smallest absolute Gasteiger partial charge is 0.312 e. The number of methoxy groups -OCH3 is 1. The van der Waals surface area contributed by atoms with Gasteiger partial charge in [0, 0.05) is 26.2 Å². The number of hydrogen-bond donors (Lipinski definition) is 1. The maximum Gasteiger partial charge on any atom is 0.312 e. The van der Waals surface area contributed by atoms with E-state index in [1.165, 1.54) is 12.7 Å². The van der Waals surface area contributed by atoms with Gasteiger partial charge in [0.05, 0.1) is 12.5 Å². The molecule has 0 saturated carbocycles. The summed E-state index contributed by atoms with van der Waals surface area (Å²) < 4.78 is 4.89. The predicted molar refractivity (Wildman–Crippen MR) is 79.3 cm³/mol. The molecule has 1 aromatic rings. The second-order valence-corrected chi connectivity index (χ2v) is 5.74. The van der Waals surface area contributed by atoms with Crippen molar-refractivity contribution in [3.63, 3.8) is 0 Å². The van der Waals surface area contributed by atoms with E-state index < -0.39 is 0 Å². The molecule has 4 nitrogen and oxygen atoms in total. The van der Waals surface area contributed by atoms with Crippen LogP contribution in [0.1, 0.15) is 18.9 Å². The lowest BCUT2D eigenvalue weighted by atomic mass is 9.90. The first-order valence-electron chi connectivity index (χ1n) is 7.19. The van der Waals surface area contributed by atoms with Crippen molar-refractivity contribution in [3.05, 3.63) is 35.9 Å². The number of carbonyl (C=O) groups is 1. The summed E-state index contributed by atoms with van der Waals surface area (Å²) in [6, 6.07) is 10.4. The molecule has 0 aromatic heterocycles. The average Bonchev–Trinajstić information content (AvgIpc) is 2.87. The Kier molecular flexibility index (Phi) is 5.15. The summed E-state index contributed by atoms with van der Waals surface area (Å²) in [6.07, 6.45) is 0.887. The van der Waals surface area contributed by atoms with Crippen LogP contribution in [0.5, 0.6) is 0 Å². The van der Waals surface area contributed by atoms with Gasteiger partial charge in [0.25, 0.3) is 0 Å². The normalized spacial score (nSPS) is 22.9. The lowest BCUT2D eigenvalue weighted by molar-refractivity contribution is -0.150. The zero-order valence-electron chi connectivity index (χ0n) is 12.4. The van der Waals surface area contributed by atoms with Crippen LogP contribution in [0.3, 0.4) is 0 Å². The van der Waals surface area contributed by atoms with Crippen molar-refractivity contribution in [2.24, 2.45) is 5.41 Å². The molecule has 1 saturated heterocycles. The number of rotatable bonds is 6. The summed E-state index contributed by atoms with van der Waals surface area (Å²) in [5, 5.41) is 3.44. The van der Waals surface area contributed by atoms with Gasteiger partial charge in [0.1, 0.15) is 0 Å². The summed E-state index contributed by atoms with van der Waals surface area (Å²) in [5.74, 6) is -0.0859. The summed E-state index contributed by atoms with van der Waals surface area (Å²) in [6.45, 7) is 6.57. The van der Waals surface area contributed by atoms with Crippen molar-refractivity contribution >= 4 is 5.97 Å². The van der Waals surface area contributed by atoms with Crippen molar-refractivity contribution in [2.75, 3.05) is 33.3 Å². The summed E-state index contributed by atoms with van der Waals surface area (Å²) >= 11 is 0. The Balaban J connectivity index is 1.67. The van der Waals surface area contributed by atoms with Crippen LogP contribution in [0, 0.1) is 5.41 Å². The molecule has 20 heavy (non-hydrogen) atoms. The molecule has 0 aliphatic carbocycles. The number of ether oxygens (including phenoxy) is 1. The molecule has 0 bridgehead atoms. The van der Waals surface area contributed by atoms with Gasteiger partial charge in [-0.05, 0) is 25.5 Å². The van der Waals surface area contributed by atoms with Crippen LogP contribution < -0.4 is 5.32 Å². The van der Waals surface area contributed by atoms with Gasteiger partial charge in [-0.15, -0.1) is 0 Å². The van der Waals surface area contributed by atoms with E-state index in [9.17, 15) is 4.79 Å². The van der Waals surface area contributed by atoms with Crippen molar-refractivity contribution in [3.8, 4) is 0 Å². The monoisotopic (exact) mass is 276 g/mol. The standard InChI is InChI=1S/C16H24N2O2/c1-16(15(19)20-2)8-10-18(13-16)11-9-17-12-14-6-4-3-5-7-14/h3-7,17H,8-13H2,1-2H3. The van der Waals surface area contributed by atoms with E-state index in [-0.39, 0.29) is 11.4 Å². The Bertz CT molecular complexity index is 435. The number of hydrogen-bond acceptors (Lipinski definition) is 4. The molecule has 0 spiro atoms. The Morgan fingerprint density at radius 1 is 1.40 bits per heavy atom. The van der Waals surface area contributed by atoms with E-state index in [0.29, 0.717) is 0 Å². The zero-order valence-corrected chi connectivity index (χ0v) is 12.4. The average molecular weight is 276 g/mol. The fourth-order valence-electron chi connectivity index (χ4n) is 2.73. The third-order valence-electron chi connectivity index (χ3n) is 4.01. The lowest BCUT2D eigenvalue weighted by Crippen LogP contribution is -2.35. The van der Waals surface area contributed by atoms with Crippen molar-refractivity contribution in [1.82, 2.24) is 10.2 Å². The van der Waals surface area contributed by atoms with E-state index in [1.54, 1.807) is 0 Å². The minimum absolute atomic E-state index is 0.0859. The molecule has 1 N–H and O–H groups in total. The molecule has 1 aliphatic rings. The van der Waals surface area contributed by atoms with Crippen LogP contribution in [0.4, 0.5) is 0 Å². The molecule has 1 heterocycles. The van der Waals surface area contributed by atoms with Gasteiger partial charge in [0.15, 0.2) is 0 Å². The second kappa shape index (κ2) is 6.86. The maximum absolute atomic E-state index is 11.7. The van der Waals surface area contributed by atoms with E-state index in [2.05, 4.69) is 34.5 Å². The number of benzene rings is 1. The van der Waals surface area contributed by atoms with Crippen LogP contribution >= 0.6 is 0 Å².